The van der Waals surface area contributed by atoms with E-state index in [2.05, 4.69) is 15.2 Å². The Labute approximate surface area is 135 Å². The van der Waals surface area contributed by atoms with Crippen LogP contribution in [0.2, 0.25) is 0 Å². The highest BCUT2D eigenvalue weighted by molar-refractivity contribution is 5.94. The zero-order chi connectivity index (χ0) is 16.1. The number of aromatic nitrogens is 1. The fraction of sp³-hybridized carbons (Fsp3) is 0.294. The number of carbonyl (C=O) groups excluding carboxylic acids is 1. The average Bonchev–Trinajstić information content (AvgIpc) is 2.61. The molecule has 6 heteroatoms. The maximum absolute atomic E-state index is 12.1. The summed E-state index contributed by atoms with van der Waals surface area (Å²) in [7, 11) is 0. The molecule has 1 aliphatic rings. The number of anilines is 2. The number of nitrogens with two attached hydrogens (primary N) is 1. The van der Waals surface area contributed by atoms with Crippen molar-refractivity contribution in [2.75, 3.05) is 36.9 Å². The number of morpholine rings is 1. The van der Waals surface area contributed by atoms with Gasteiger partial charge in [0.1, 0.15) is 5.82 Å². The summed E-state index contributed by atoms with van der Waals surface area (Å²) in [5.74, 6) is 0.783. The van der Waals surface area contributed by atoms with Crippen molar-refractivity contribution in [1.82, 2.24) is 10.3 Å². The van der Waals surface area contributed by atoms with Crippen LogP contribution in [0.4, 0.5) is 11.5 Å². The molecule has 0 atom stereocenters. The number of amides is 1. The highest BCUT2D eigenvalue weighted by atomic mass is 16.5. The Balaban J connectivity index is 1.63. The molecule has 0 aliphatic carbocycles. The molecule has 3 rings (SSSR count). The molecule has 0 unspecified atom stereocenters. The third-order valence-corrected chi connectivity index (χ3v) is 3.75. The zero-order valence-electron chi connectivity index (χ0n) is 12.9. The molecule has 1 saturated heterocycles. The van der Waals surface area contributed by atoms with Crippen molar-refractivity contribution in [3.63, 3.8) is 0 Å². The van der Waals surface area contributed by atoms with E-state index < -0.39 is 0 Å². The number of ether oxygens (including phenoxy) is 1. The van der Waals surface area contributed by atoms with Gasteiger partial charge in [0.25, 0.3) is 5.91 Å². The molecule has 0 spiro atoms. The van der Waals surface area contributed by atoms with Crippen molar-refractivity contribution in [2.45, 2.75) is 6.54 Å². The van der Waals surface area contributed by atoms with Gasteiger partial charge >= 0.3 is 0 Å². The molecule has 6 nitrogen and oxygen atoms in total. The molecule has 0 radical (unpaired) electrons. The van der Waals surface area contributed by atoms with Gasteiger partial charge in [0.05, 0.1) is 13.2 Å². The lowest BCUT2D eigenvalue weighted by molar-refractivity contribution is 0.0951. The van der Waals surface area contributed by atoms with Gasteiger partial charge in [0.2, 0.25) is 0 Å². The first-order valence-corrected chi connectivity index (χ1v) is 7.64. The molecule has 23 heavy (non-hydrogen) atoms. The molecule has 1 aromatic heterocycles. The lowest BCUT2D eigenvalue weighted by Gasteiger charge is -2.28. The summed E-state index contributed by atoms with van der Waals surface area (Å²) in [5, 5.41) is 2.91. The molecule has 1 aliphatic heterocycles. The molecule has 1 amide bonds. The van der Waals surface area contributed by atoms with E-state index in [0.29, 0.717) is 17.8 Å². The summed E-state index contributed by atoms with van der Waals surface area (Å²) in [6.45, 7) is 3.57. The van der Waals surface area contributed by atoms with E-state index >= 15 is 0 Å². The molecule has 2 aromatic rings. The Morgan fingerprint density at radius 1 is 1.26 bits per heavy atom. The lowest BCUT2D eigenvalue weighted by atomic mass is 10.2. The second kappa shape index (κ2) is 7.11. The average molecular weight is 312 g/mol. The van der Waals surface area contributed by atoms with Gasteiger partial charge in [0.15, 0.2) is 0 Å². The van der Waals surface area contributed by atoms with Crippen molar-refractivity contribution in [3.05, 3.63) is 53.7 Å². The van der Waals surface area contributed by atoms with Gasteiger partial charge in [-0.2, -0.15) is 0 Å². The number of pyridine rings is 1. The van der Waals surface area contributed by atoms with Crippen molar-refractivity contribution < 1.29 is 9.53 Å². The van der Waals surface area contributed by atoms with Gasteiger partial charge in [0, 0.05) is 37.1 Å². The van der Waals surface area contributed by atoms with Gasteiger partial charge < -0.3 is 20.7 Å². The molecule has 0 bridgehead atoms. The summed E-state index contributed by atoms with van der Waals surface area (Å²) in [4.78, 5) is 18.7. The van der Waals surface area contributed by atoms with Crippen LogP contribution in [0.3, 0.4) is 0 Å². The standard InChI is InChI=1S/C17H20N4O2/c18-15-3-1-2-14(11-15)17(22)20-12-13-4-5-19-16(10-13)21-6-8-23-9-7-21/h1-5,10-11H,6-9,12,18H2,(H,20,22). The van der Waals surface area contributed by atoms with Crippen LogP contribution < -0.4 is 16.0 Å². The Bertz CT molecular complexity index is 684. The SMILES string of the molecule is Nc1cccc(C(=O)NCc2ccnc(N3CCOCC3)c2)c1. The molecule has 0 saturated carbocycles. The molecule has 120 valence electrons. The summed E-state index contributed by atoms with van der Waals surface area (Å²) < 4.78 is 5.35. The second-order valence-electron chi connectivity index (χ2n) is 5.43. The van der Waals surface area contributed by atoms with Crippen LogP contribution in [0, 0.1) is 0 Å². The van der Waals surface area contributed by atoms with E-state index in [0.717, 1.165) is 37.7 Å². The molecular formula is C17H20N4O2. The van der Waals surface area contributed by atoms with Crippen LogP contribution >= 0.6 is 0 Å². The van der Waals surface area contributed by atoms with Crippen LogP contribution in [0.15, 0.2) is 42.6 Å². The third-order valence-electron chi connectivity index (χ3n) is 3.75. The summed E-state index contributed by atoms with van der Waals surface area (Å²) in [5.41, 5.74) is 7.86. The van der Waals surface area contributed by atoms with Crippen LogP contribution in [-0.2, 0) is 11.3 Å². The Morgan fingerprint density at radius 2 is 2.09 bits per heavy atom. The Kier molecular flexibility index (Phi) is 4.73. The highest BCUT2D eigenvalue weighted by Crippen LogP contribution is 2.14. The van der Waals surface area contributed by atoms with E-state index in [4.69, 9.17) is 10.5 Å². The van der Waals surface area contributed by atoms with Gasteiger partial charge in [-0.1, -0.05) is 6.07 Å². The first-order chi connectivity index (χ1) is 11.2. The topological polar surface area (TPSA) is 80.5 Å². The van der Waals surface area contributed by atoms with Crippen molar-refractivity contribution in [3.8, 4) is 0 Å². The Morgan fingerprint density at radius 3 is 2.87 bits per heavy atom. The zero-order valence-corrected chi connectivity index (χ0v) is 12.9. The summed E-state index contributed by atoms with van der Waals surface area (Å²) >= 11 is 0. The first kappa shape index (κ1) is 15.3. The normalized spacial score (nSPS) is 14.5. The minimum atomic E-state index is -0.137. The Hall–Kier alpha value is -2.60. The van der Waals surface area contributed by atoms with Crippen LogP contribution in [0.25, 0.3) is 0 Å². The number of hydrogen-bond acceptors (Lipinski definition) is 5. The van der Waals surface area contributed by atoms with Crippen molar-refractivity contribution in [2.24, 2.45) is 0 Å². The predicted molar refractivity (Wildman–Crippen MR) is 89.3 cm³/mol. The van der Waals surface area contributed by atoms with Gasteiger partial charge in [-0.15, -0.1) is 0 Å². The number of benzene rings is 1. The quantitative estimate of drug-likeness (QED) is 0.835. The summed E-state index contributed by atoms with van der Waals surface area (Å²) in [6.07, 6.45) is 1.77. The van der Waals surface area contributed by atoms with Crippen LogP contribution in [0.1, 0.15) is 15.9 Å². The number of hydrogen-bond donors (Lipinski definition) is 2. The minimum absolute atomic E-state index is 0.137. The molecule has 1 aromatic carbocycles. The van der Waals surface area contributed by atoms with Gasteiger partial charge in [-0.3, -0.25) is 4.79 Å². The molecular weight excluding hydrogens is 292 g/mol. The summed E-state index contributed by atoms with van der Waals surface area (Å²) in [6, 6.07) is 10.9. The number of rotatable bonds is 4. The van der Waals surface area contributed by atoms with Crippen LogP contribution in [0.5, 0.6) is 0 Å². The fourth-order valence-corrected chi connectivity index (χ4v) is 2.50. The first-order valence-electron chi connectivity index (χ1n) is 7.64. The molecule has 3 N–H and O–H groups in total. The maximum atomic E-state index is 12.1. The lowest BCUT2D eigenvalue weighted by Crippen LogP contribution is -2.36. The van der Waals surface area contributed by atoms with E-state index in [9.17, 15) is 4.79 Å². The minimum Gasteiger partial charge on any atom is -0.399 e. The van der Waals surface area contributed by atoms with Gasteiger partial charge in [-0.05, 0) is 35.9 Å². The van der Waals surface area contributed by atoms with Crippen molar-refractivity contribution in [1.29, 1.82) is 0 Å². The fourth-order valence-electron chi connectivity index (χ4n) is 2.50. The third kappa shape index (κ3) is 3.98. The van der Waals surface area contributed by atoms with E-state index in [-0.39, 0.29) is 5.91 Å². The maximum Gasteiger partial charge on any atom is 0.251 e. The number of nitrogens with zero attached hydrogens (tertiary/aromatic N) is 2. The van der Waals surface area contributed by atoms with E-state index in [1.54, 1.807) is 30.5 Å². The van der Waals surface area contributed by atoms with Crippen molar-refractivity contribution >= 4 is 17.4 Å². The number of nitrogen functional groups attached to an aromatic ring is 1. The predicted octanol–water partition coefficient (Wildman–Crippen LogP) is 1.43. The smallest absolute Gasteiger partial charge is 0.251 e. The monoisotopic (exact) mass is 312 g/mol. The highest BCUT2D eigenvalue weighted by Gasteiger charge is 2.13. The van der Waals surface area contributed by atoms with Gasteiger partial charge in [-0.25, -0.2) is 4.98 Å². The molecule has 2 heterocycles. The number of carbonyl (C=O) groups is 1. The number of nitrogens with one attached hydrogen (secondary N) is 1. The van der Waals surface area contributed by atoms with E-state index in [1.807, 2.05) is 12.1 Å². The van der Waals surface area contributed by atoms with Crippen LogP contribution in [-0.4, -0.2) is 37.2 Å². The largest absolute Gasteiger partial charge is 0.399 e. The second-order valence-corrected chi connectivity index (χ2v) is 5.43. The van der Waals surface area contributed by atoms with E-state index in [1.165, 1.54) is 0 Å². The molecule has 1 fully saturated rings.